The lowest BCUT2D eigenvalue weighted by Crippen LogP contribution is -2.36. The molecule has 6 nitrogen and oxygen atoms in total. The van der Waals surface area contributed by atoms with Gasteiger partial charge in [0.05, 0.1) is 5.56 Å². The molecule has 35 heavy (non-hydrogen) atoms. The maximum atomic E-state index is 14.5. The Morgan fingerprint density at radius 1 is 0.886 bits per heavy atom. The molecule has 180 valence electrons. The van der Waals surface area contributed by atoms with Gasteiger partial charge < -0.3 is 19.6 Å². The van der Waals surface area contributed by atoms with Crippen molar-refractivity contribution in [2.24, 2.45) is 0 Å². The highest BCUT2D eigenvalue weighted by Gasteiger charge is 2.30. The van der Waals surface area contributed by atoms with Gasteiger partial charge in [0.2, 0.25) is 0 Å². The van der Waals surface area contributed by atoms with E-state index < -0.39 is 29.3 Å². The second kappa shape index (κ2) is 9.37. The zero-order valence-corrected chi connectivity index (χ0v) is 18.9. The van der Waals surface area contributed by atoms with Crippen LogP contribution in [0.1, 0.15) is 33.8 Å². The van der Waals surface area contributed by atoms with Crippen LogP contribution in [-0.2, 0) is 4.74 Å². The number of carboxylic acid groups (broad SMARTS) is 1. The fourth-order valence-corrected chi connectivity index (χ4v) is 5.00. The Bertz CT molecular complexity index is 1230. The van der Waals surface area contributed by atoms with Crippen LogP contribution < -0.4 is 4.90 Å². The minimum absolute atomic E-state index is 0.0502. The number of amides is 1. The molecule has 1 fully saturated rings. The maximum Gasteiger partial charge on any atom is 0.409 e. The summed E-state index contributed by atoms with van der Waals surface area (Å²) >= 11 is 0. The topological polar surface area (TPSA) is 70.1 Å². The molecule has 0 spiro atoms. The number of ether oxygens (including phenoxy) is 1. The molecule has 1 heterocycles. The van der Waals surface area contributed by atoms with Gasteiger partial charge in [0, 0.05) is 32.1 Å². The van der Waals surface area contributed by atoms with Crippen LogP contribution in [0.3, 0.4) is 0 Å². The van der Waals surface area contributed by atoms with Gasteiger partial charge in [-0.25, -0.2) is 18.4 Å². The zero-order valence-electron chi connectivity index (χ0n) is 18.9. The SMILES string of the molecule is O=C(O)c1cc(F)c(N2CCCN(C(=O)OCC3c4ccccc4-c4ccccc43)CC2)c(F)c1. The highest BCUT2D eigenvalue weighted by atomic mass is 19.1. The molecule has 1 amide bonds. The van der Waals surface area contributed by atoms with Crippen LogP contribution in [0.25, 0.3) is 11.1 Å². The standard InChI is InChI=1S/C27H24F2N2O4/c28-23-14-17(26(32)33)15-24(29)25(23)30-10-5-11-31(13-12-30)27(34)35-16-22-20-8-3-1-6-18(20)19-7-2-4-9-21(19)22/h1-4,6-9,14-15,22H,5,10-13,16H2,(H,32,33). The van der Waals surface area contributed by atoms with Crippen LogP contribution >= 0.6 is 0 Å². The number of nitrogens with zero attached hydrogens (tertiary/aromatic N) is 2. The van der Waals surface area contributed by atoms with Gasteiger partial charge in [0.25, 0.3) is 0 Å². The van der Waals surface area contributed by atoms with Gasteiger partial charge in [0.15, 0.2) is 0 Å². The molecule has 1 N–H and O–H groups in total. The van der Waals surface area contributed by atoms with Crippen molar-refractivity contribution >= 4 is 17.7 Å². The molecule has 8 heteroatoms. The number of hydrogen-bond acceptors (Lipinski definition) is 4. The average Bonchev–Trinajstić information content (AvgIpc) is 2.98. The Balaban J connectivity index is 1.25. The third-order valence-electron chi connectivity index (χ3n) is 6.67. The number of carboxylic acids is 1. The van der Waals surface area contributed by atoms with Crippen LogP contribution in [0.15, 0.2) is 60.7 Å². The molecule has 0 bridgehead atoms. The first-order chi connectivity index (χ1) is 16.9. The summed E-state index contributed by atoms with van der Waals surface area (Å²) < 4.78 is 34.8. The predicted molar refractivity (Wildman–Crippen MR) is 127 cm³/mol. The van der Waals surface area contributed by atoms with E-state index in [4.69, 9.17) is 9.84 Å². The number of aromatic carboxylic acids is 1. The van der Waals surface area contributed by atoms with Gasteiger partial charge in [-0.15, -0.1) is 0 Å². The molecule has 3 aromatic rings. The summed E-state index contributed by atoms with van der Waals surface area (Å²) in [5.74, 6) is -3.31. The fraction of sp³-hybridized carbons (Fsp3) is 0.259. The number of anilines is 1. The third-order valence-corrected chi connectivity index (χ3v) is 6.67. The Morgan fingerprint density at radius 2 is 1.49 bits per heavy atom. The molecular formula is C27H24F2N2O4. The largest absolute Gasteiger partial charge is 0.478 e. The fourth-order valence-electron chi connectivity index (χ4n) is 5.00. The molecule has 1 saturated heterocycles. The molecule has 2 aliphatic rings. The van der Waals surface area contributed by atoms with Crippen molar-refractivity contribution in [3.05, 3.63) is 89.0 Å². The van der Waals surface area contributed by atoms with Crippen molar-refractivity contribution in [1.82, 2.24) is 4.90 Å². The summed E-state index contributed by atoms with van der Waals surface area (Å²) in [4.78, 5) is 27.0. The van der Waals surface area contributed by atoms with Crippen LogP contribution in [0, 0.1) is 11.6 Å². The van der Waals surface area contributed by atoms with Gasteiger partial charge in [0.1, 0.15) is 23.9 Å². The minimum atomic E-state index is -1.40. The summed E-state index contributed by atoms with van der Waals surface area (Å²) in [5.41, 5.74) is 3.82. The van der Waals surface area contributed by atoms with E-state index in [1.807, 2.05) is 24.3 Å². The predicted octanol–water partition coefficient (Wildman–Crippen LogP) is 5.12. The van der Waals surface area contributed by atoms with Gasteiger partial charge in [-0.05, 0) is 40.8 Å². The van der Waals surface area contributed by atoms with Crippen molar-refractivity contribution in [3.8, 4) is 11.1 Å². The van der Waals surface area contributed by atoms with E-state index in [2.05, 4.69) is 24.3 Å². The van der Waals surface area contributed by atoms with E-state index in [1.165, 1.54) is 4.90 Å². The molecule has 0 saturated carbocycles. The average molecular weight is 478 g/mol. The monoisotopic (exact) mass is 478 g/mol. The smallest absolute Gasteiger partial charge is 0.409 e. The number of carbonyl (C=O) groups excluding carboxylic acids is 1. The zero-order chi connectivity index (χ0) is 24.5. The molecule has 0 radical (unpaired) electrons. The van der Waals surface area contributed by atoms with Crippen LogP contribution in [0.5, 0.6) is 0 Å². The quantitative estimate of drug-likeness (QED) is 0.564. The first kappa shape index (κ1) is 22.8. The molecule has 0 aromatic heterocycles. The van der Waals surface area contributed by atoms with Crippen LogP contribution in [-0.4, -0.2) is 54.9 Å². The number of fused-ring (bicyclic) bond motifs is 3. The number of benzene rings is 3. The van der Waals surface area contributed by atoms with Crippen LogP contribution in [0.4, 0.5) is 19.3 Å². The number of carbonyl (C=O) groups is 2. The maximum absolute atomic E-state index is 14.5. The normalized spacial score (nSPS) is 15.4. The molecule has 0 atom stereocenters. The Labute approximate surface area is 201 Å². The summed E-state index contributed by atoms with van der Waals surface area (Å²) in [6.07, 6.45) is 0.0277. The summed E-state index contributed by atoms with van der Waals surface area (Å²) in [7, 11) is 0. The van der Waals surface area contributed by atoms with E-state index in [-0.39, 0.29) is 31.3 Å². The molecule has 1 aliphatic carbocycles. The van der Waals surface area contributed by atoms with Crippen molar-refractivity contribution in [1.29, 1.82) is 0 Å². The van der Waals surface area contributed by atoms with Crippen LogP contribution in [0.2, 0.25) is 0 Å². The van der Waals surface area contributed by atoms with E-state index >= 15 is 0 Å². The van der Waals surface area contributed by atoms with Crippen molar-refractivity contribution in [3.63, 3.8) is 0 Å². The number of rotatable bonds is 4. The Morgan fingerprint density at radius 3 is 2.09 bits per heavy atom. The third kappa shape index (κ3) is 4.32. The van der Waals surface area contributed by atoms with E-state index in [1.54, 1.807) is 4.90 Å². The minimum Gasteiger partial charge on any atom is -0.478 e. The lowest BCUT2D eigenvalue weighted by molar-refractivity contribution is 0.0695. The number of halogens is 2. The Hall–Kier alpha value is -3.94. The molecule has 1 aliphatic heterocycles. The summed E-state index contributed by atoms with van der Waals surface area (Å²) in [5, 5.41) is 9.01. The summed E-state index contributed by atoms with van der Waals surface area (Å²) in [6.45, 7) is 1.35. The van der Waals surface area contributed by atoms with Gasteiger partial charge in [-0.2, -0.15) is 0 Å². The highest BCUT2D eigenvalue weighted by molar-refractivity contribution is 5.88. The second-order valence-electron chi connectivity index (χ2n) is 8.73. The molecule has 3 aromatic carbocycles. The van der Waals surface area contributed by atoms with Crippen molar-refractivity contribution in [2.75, 3.05) is 37.7 Å². The lowest BCUT2D eigenvalue weighted by atomic mass is 9.98. The first-order valence-electron chi connectivity index (χ1n) is 11.5. The Kier molecular flexibility index (Phi) is 6.11. The summed E-state index contributed by atoms with van der Waals surface area (Å²) in [6, 6.07) is 17.8. The molecule has 0 unspecified atom stereocenters. The molecular weight excluding hydrogens is 454 g/mol. The van der Waals surface area contributed by atoms with E-state index in [0.717, 1.165) is 34.4 Å². The van der Waals surface area contributed by atoms with Gasteiger partial charge >= 0.3 is 12.1 Å². The highest BCUT2D eigenvalue weighted by Crippen LogP contribution is 2.44. The van der Waals surface area contributed by atoms with Gasteiger partial charge in [-0.1, -0.05) is 48.5 Å². The van der Waals surface area contributed by atoms with E-state index in [9.17, 15) is 18.4 Å². The van der Waals surface area contributed by atoms with E-state index in [0.29, 0.717) is 19.5 Å². The van der Waals surface area contributed by atoms with Crippen molar-refractivity contribution in [2.45, 2.75) is 12.3 Å². The lowest BCUT2D eigenvalue weighted by Gasteiger charge is -2.25. The second-order valence-corrected chi connectivity index (χ2v) is 8.73. The number of hydrogen-bond donors (Lipinski definition) is 1. The first-order valence-corrected chi connectivity index (χ1v) is 11.5. The van der Waals surface area contributed by atoms with Crippen molar-refractivity contribution < 1.29 is 28.2 Å². The molecule has 5 rings (SSSR count). The van der Waals surface area contributed by atoms with Gasteiger partial charge in [-0.3, -0.25) is 0 Å².